The van der Waals surface area contributed by atoms with Crippen molar-refractivity contribution in [2.24, 2.45) is 5.92 Å². The van der Waals surface area contributed by atoms with Gasteiger partial charge in [-0.05, 0) is 43.5 Å². The normalized spacial score (nSPS) is 20.6. The van der Waals surface area contributed by atoms with E-state index in [0.29, 0.717) is 25.3 Å². The smallest absolute Gasteiger partial charge is 0.243 e. The minimum absolute atomic E-state index is 0.0467. The van der Waals surface area contributed by atoms with E-state index in [1.165, 1.54) is 16.4 Å². The van der Waals surface area contributed by atoms with Crippen molar-refractivity contribution in [3.05, 3.63) is 24.3 Å². The van der Waals surface area contributed by atoms with E-state index >= 15 is 0 Å². The molecule has 1 heterocycles. The van der Waals surface area contributed by atoms with Crippen molar-refractivity contribution in [1.29, 1.82) is 0 Å². The van der Waals surface area contributed by atoms with E-state index < -0.39 is 25.9 Å². The summed E-state index contributed by atoms with van der Waals surface area (Å²) in [6, 6.07) is 5.77. The molecule has 0 spiro atoms. The van der Waals surface area contributed by atoms with Gasteiger partial charge in [0.25, 0.3) is 0 Å². The predicted molar refractivity (Wildman–Crippen MR) is 93.4 cm³/mol. The summed E-state index contributed by atoms with van der Waals surface area (Å²) in [7, 11) is -6.91. The second-order valence-corrected chi connectivity index (χ2v) is 10.5. The Labute approximate surface area is 144 Å². The van der Waals surface area contributed by atoms with Gasteiger partial charge in [0.05, 0.1) is 23.0 Å². The molecular weight excluding hydrogens is 350 g/mol. The van der Waals surface area contributed by atoms with Crippen LogP contribution in [0.15, 0.2) is 29.2 Å². The molecule has 0 N–H and O–H groups in total. The molecule has 8 heteroatoms. The van der Waals surface area contributed by atoms with E-state index in [4.69, 9.17) is 4.74 Å². The summed E-state index contributed by atoms with van der Waals surface area (Å²) >= 11 is 0. The third-order valence-electron chi connectivity index (χ3n) is 3.90. The summed E-state index contributed by atoms with van der Waals surface area (Å²) in [5.41, 5.74) is 0. The zero-order chi connectivity index (χ0) is 18.0. The highest BCUT2D eigenvalue weighted by Gasteiger charge is 2.38. The van der Waals surface area contributed by atoms with Gasteiger partial charge < -0.3 is 4.74 Å². The lowest BCUT2D eigenvalue weighted by molar-refractivity contribution is 0.307. The zero-order valence-corrected chi connectivity index (χ0v) is 15.9. The predicted octanol–water partition coefficient (Wildman–Crippen LogP) is 1.92. The van der Waals surface area contributed by atoms with Crippen molar-refractivity contribution in [3.8, 4) is 5.75 Å². The van der Waals surface area contributed by atoms with Crippen molar-refractivity contribution in [2.45, 2.75) is 38.1 Å². The van der Waals surface area contributed by atoms with Gasteiger partial charge in [-0.3, -0.25) is 0 Å². The van der Waals surface area contributed by atoms with Crippen LogP contribution in [0.1, 0.15) is 27.2 Å². The Balaban J connectivity index is 2.33. The number of sulfone groups is 1. The molecule has 1 saturated heterocycles. The van der Waals surface area contributed by atoms with Crippen LogP contribution in [0.5, 0.6) is 5.75 Å². The molecule has 0 amide bonds. The summed E-state index contributed by atoms with van der Waals surface area (Å²) in [5.74, 6) is 0.655. The largest absolute Gasteiger partial charge is 0.494 e. The number of benzene rings is 1. The third kappa shape index (κ3) is 4.49. The molecule has 0 aliphatic carbocycles. The molecule has 1 aliphatic heterocycles. The maximum atomic E-state index is 13.0. The summed E-state index contributed by atoms with van der Waals surface area (Å²) in [6.07, 6.45) is 0.352. The first-order valence-electron chi connectivity index (χ1n) is 8.11. The van der Waals surface area contributed by atoms with Gasteiger partial charge >= 0.3 is 0 Å². The number of nitrogens with zero attached hydrogens (tertiary/aromatic N) is 1. The Hall–Kier alpha value is -1.12. The van der Waals surface area contributed by atoms with Gasteiger partial charge in [-0.1, -0.05) is 13.8 Å². The summed E-state index contributed by atoms with van der Waals surface area (Å²) < 4.78 is 56.3. The molecule has 24 heavy (non-hydrogen) atoms. The highest BCUT2D eigenvalue weighted by molar-refractivity contribution is 7.92. The molecule has 136 valence electrons. The SMILES string of the molecule is CCOc1ccc(S(=O)(=O)N(CC(C)C)[C@H]2CCS(=O)(=O)C2)cc1. The molecule has 0 bridgehead atoms. The van der Waals surface area contributed by atoms with Crippen LogP contribution in [0.3, 0.4) is 0 Å². The number of sulfonamides is 1. The minimum atomic E-state index is -3.75. The molecule has 2 rings (SSSR count). The van der Waals surface area contributed by atoms with Crippen molar-refractivity contribution in [1.82, 2.24) is 4.31 Å². The van der Waals surface area contributed by atoms with Crippen LogP contribution >= 0.6 is 0 Å². The molecule has 0 saturated carbocycles. The Morgan fingerprint density at radius 1 is 1.25 bits per heavy atom. The molecular formula is C16H25NO5S2. The van der Waals surface area contributed by atoms with Crippen LogP contribution in [-0.4, -0.2) is 51.8 Å². The third-order valence-corrected chi connectivity index (χ3v) is 7.58. The Morgan fingerprint density at radius 2 is 1.88 bits per heavy atom. The fourth-order valence-electron chi connectivity index (χ4n) is 2.82. The van der Waals surface area contributed by atoms with E-state index in [1.807, 2.05) is 20.8 Å². The Kier molecular flexibility index (Phi) is 5.93. The van der Waals surface area contributed by atoms with Gasteiger partial charge in [0.1, 0.15) is 5.75 Å². The molecule has 1 aromatic carbocycles. The first kappa shape index (κ1) is 19.2. The fourth-order valence-corrected chi connectivity index (χ4v) is 6.46. The van der Waals surface area contributed by atoms with Crippen LogP contribution in [0.25, 0.3) is 0 Å². The van der Waals surface area contributed by atoms with E-state index in [9.17, 15) is 16.8 Å². The van der Waals surface area contributed by atoms with E-state index in [0.717, 1.165) is 0 Å². The Morgan fingerprint density at radius 3 is 2.33 bits per heavy atom. The van der Waals surface area contributed by atoms with Crippen molar-refractivity contribution < 1.29 is 21.6 Å². The van der Waals surface area contributed by atoms with E-state index in [-0.39, 0.29) is 22.3 Å². The number of hydrogen-bond donors (Lipinski definition) is 0. The highest BCUT2D eigenvalue weighted by atomic mass is 32.2. The highest BCUT2D eigenvalue weighted by Crippen LogP contribution is 2.27. The average molecular weight is 376 g/mol. The van der Waals surface area contributed by atoms with Crippen LogP contribution in [-0.2, 0) is 19.9 Å². The van der Waals surface area contributed by atoms with Gasteiger partial charge in [0.15, 0.2) is 9.84 Å². The maximum Gasteiger partial charge on any atom is 0.243 e. The van der Waals surface area contributed by atoms with Gasteiger partial charge in [0.2, 0.25) is 10.0 Å². The topological polar surface area (TPSA) is 80.8 Å². The standard InChI is InChI=1S/C16H25NO5S2/c1-4-22-15-5-7-16(8-6-15)24(20,21)17(11-13(2)3)14-9-10-23(18,19)12-14/h5-8,13-14H,4,9-12H2,1-3H3/t14-/m0/s1. The average Bonchev–Trinajstić information content (AvgIpc) is 2.85. The second kappa shape index (κ2) is 7.41. The maximum absolute atomic E-state index is 13.0. The molecule has 0 radical (unpaired) electrons. The van der Waals surface area contributed by atoms with Gasteiger partial charge in [-0.25, -0.2) is 16.8 Å². The molecule has 6 nitrogen and oxygen atoms in total. The van der Waals surface area contributed by atoms with Gasteiger partial charge in [0, 0.05) is 12.6 Å². The van der Waals surface area contributed by atoms with Crippen LogP contribution in [0, 0.1) is 5.92 Å². The van der Waals surface area contributed by atoms with Crippen LogP contribution in [0.2, 0.25) is 0 Å². The summed E-state index contributed by atoms with van der Waals surface area (Å²) in [4.78, 5) is 0.163. The lowest BCUT2D eigenvalue weighted by atomic mass is 10.2. The number of ether oxygens (including phenoxy) is 1. The molecule has 1 aromatic rings. The van der Waals surface area contributed by atoms with E-state index in [2.05, 4.69) is 0 Å². The fraction of sp³-hybridized carbons (Fsp3) is 0.625. The van der Waals surface area contributed by atoms with E-state index in [1.54, 1.807) is 12.1 Å². The molecule has 0 unspecified atom stereocenters. The van der Waals surface area contributed by atoms with Gasteiger partial charge in [-0.15, -0.1) is 0 Å². The Bertz CT molecular complexity index is 754. The zero-order valence-electron chi connectivity index (χ0n) is 14.3. The number of hydrogen-bond acceptors (Lipinski definition) is 5. The molecule has 1 atom stereocenters. The second-order valence-electron chi connectivity index (χ2n) is 6.43. The monoisotopic (exact) mass is 375 g/mol. The van der Waals surface area contributed by atoms with Crippen LogP contribution in [0.4, 0.5) is 0 Å². The summed E-state index contributed by atoms with van der Waals surface area (Å²) in [6.45, 7) is 6.51. The first-order valence-corrected chi connectivity index (χ1v) is 11.4. The first-order chi connectivity index (χ1) is 11.2. The lowest BCUT2D eigenvalue weighted by Crippen LogP contribution is -2.43. The molecule has 1 aliphatic rings. The minimum Gasteiger partial charge on any atom is -0.494 e. The molecule has 1 fully saturated rings. The van der Waals surface area contributed by atoms with Crippen molar-refractivity contribution in [3.63, 3.8) is 0 Å². The summed E-state index contributed by atoms with van der Waals surface area (Å²) in [5, 5.41) is 0. The molecule has 0 aromatic heterocycles. The van der Waals surface area contributed by atoms with Crippen LogP contribution < -0.4 is 4.74 Å². The van der Waals surface area contributed by atoms with Gasteiger partial charge in [-0.2, -0.15) is 4.31 Å². The quantitative estimate of drug-likeness (QED) is 0.727. The van der Waals surface area contributed by atoms with Crippen molar-refractivity contribution >= 4 is 19.9 Å². The van der Waals surface area contributed by atoms with Crippen molar-refractivity contribution in [2.75, 3.05) is 24.7 Å². The lowest BCUT2D eigenvalue weighted by Gasteiger charge is -2.29. The number of rotatable bonds is 7.